The van der Waals surface area contributed by atoms with E-state index in [1.807, 2.05) is 0 Å². The summed E-state index contributed by atoms with van der Waals surface area (Å²) in [6, 6.07) is 8.62. The van der Waals surface area contributed by atoms with Crippen molar-refractivity contribution in [3.8, 4) is 0 Å². The van der Waals surface area contributed by atoms with Crippen LogP contribution in [0.3, 0.4) is 0 Å². The molecule has 1 aromatic rings. The van der Waals surface area contributed by atoms with E-state index in [1.165, 1.54) is 11.1 Å². The summed E-state index contributed by atoms with van der Waals surface area (Å²) in [6.07, 6.45) is 5.34. The van der Waals surface area contributed by atoms with Crippen molar-refractivity contribution in [2.45, 2.75) is 52.0 Å². The van der Waals surface area contributed by atoms with Gasteiger partial charge in [-0.1, -0.05) is 31.2 Å². The third-order valence-electron chi connectivity index (χ3n) is 7.31. The fraction of sp³-hybridized carbons (Fsp3) is 0.708. The molecule has 0 spiro atoms. The molecular weight excluding hydrogens is 424 g/mol. The van der Waals surface area contributed by atoms with E-state index in [1.54, 1.807) is 8.61 Å². The molecule has 178 valence electrons. The number of benzene rings is 1. The molecule has 3 heterocycles. The van der Waals surface area contributed by atoms with Crippen LogP contribution in [0.4, 0.5) is 0 Å². The van der Waals surface area contributed by atoms with Gasteiger partial charge in [0, 0.05) is 52.4 Å². The molecule has 0 aromatic heterocycles. The lowest BCUT2D eigenvalue weighted by Crippen LogP contribution is -2.52. The fourth-order valence-electron chi connectivity index (χ4n) is 5.15. The molecule has 0 unspecified atom stereocenters. The maximum atomic E-state index is 13.1. The predicted molar refractivity (Wildman–Crippen MR) is 126 cm³/mol. The molecule has 0 aliphatic carbocycles. The van der Waals surface area contributed by atoms with E-state index in [4.69, 9.17) is 0 Å². The van der Waals surface area contributed by atoms with Gasteiger partial charge in [-0.05, 0) is 55.6 Å². The number of rotatable bonds is 7. The standard InChI is InChI=1S/C24H38N4O3S/c1-20-9-16-27(17-10-20)32(30,31)28-14-4-8-23(19-28)24(29)25-12-5-13-26-15-11-21-6-2-3-7-22(21)18-26/h2-3,6-7,20,23H,4-5,8-19H2,1H3,(H,25,29)/t23-/m0/s1. The van der Waals surface area contributed by atoms with E-state index in [-0.39, 0.29) is 11.8 Å². The van der Waals surface area contributed by atoms with Gasteiger partial charge in [0.2, 0.25) is 5.91 Å². The van der Waals surface area contributed by atoms with Crippen molar-refractivity contribution in [3.63, 3.8) is 0 Å². The van der Waals surface area contributed by atoms with Crippen LogP contribution in [0, 0.1) is 11.8 Å². The Hall–Kier alpha value is -1.48. The third kappa shape index (κ3) is 5.71. The molecule has 3 aliphatic heterocycles. The molecule has 4 rings (SSSR count). The van der Waals surface area contributed by atoms with Gasteiger partial charge in [-0.3, -0.25) is 9.69 Å². The third-order valence-corrected chi connectivity index (χ3v) is 9.31. The van der Waals surface area contributed by atoms with E-state index in [2.05, 4.69) is 41.4 Å². The van der Waals surface area contributed by atoms with Gasteiger partial charge in [0.1, 0.15) is 0 Å². The fourth-order valence-corrected chi connectivity index (χ4v) is 6.88. The topological polar surface area (TPSA) is 73.0 Å². The molecule has 7 nitrogen and oxygen atoms in total. The van der Waals surface area contributed by atoms with Gasteiger partial charge in [0.25, 0.3) is 10.2 Å². The molecule has 1 amide bonds. The highest BCUT2D eigenvalue weighted by atomic mass is 32.2. The number of hydrogen-bond donors (Lipinski definition) is 1. The van der Waals surface area contributed by atoms with Gasteiger partial charge < -0.3 is 5.32 Å². The molecule has 0 bridgehead atoms. The van der Waals surface area contributed by atoms with Crippen molar-refractivity contribution in [2.24, 2.45) is 11.8 Å². The smallest absolute Gasteiger partial charge is 0.281 e. The first kappa shape index (κ1) is 23.7. The second-order valence-electron chi connectivity index (χ2n) is 9.73. The summed E-state index contributed by atoms with van der Waals surface area (Å²) in [4.78, 5) is 15.2. The van der Waals surface area contributed by atoms with Crippen LogP contribution < -0.4 is 5.32 Å². The first-order chi connectivity index (χ1) is 15.4. The monoisotopic (exact) mass is 462 g/mol. The number of carbonyl (C=O) groups excluding carboxylic acids is 1. The molecule has 3 aliphatic rings. The number of piperidine rings is 2. The molecule has 8 heteroatoms. The highest BCUT2D eigenvalue weighted by Gasteiger charge is 2.36. The second kappa shape index (κ2) is 10.6. The Morgan fingerprint density at radius 3 is 2.56 bits per heavy atom. The first-order valence-electron chi connectivity index (χ1n) is 12.3. The average Bonchev–Trinajstić information content (AvgIpc) is 2.82. The van der Waals surface area contributed by atoms with Gasteiger partial charge >= 0.3 is 0 Å². The minimum Gasteiger partial charge on any atom is -0.356 e. The zero-order valence-corrected chi connectivity index (χ0v) is 20.2. The Bertz CT molecular complexity index is 883. The number of hydrogen-bond acceptors (Lipinski definition) is 4. The van der Waals surface area contributed by atoms with Crippen LogP contribution in [0.25, 0.3) is 0 Å². The molecule has 2 saturated heterocycles. The Morgan fingerprint density at radius 1 is 1.03 bits per heavy atom. The molecule has 32 heavy (non-hydrogen) atoms. The quantitative estimate of drug-likeness (QED) is 0.631. The van der Waals surface area contributed by atoms with Crippen molar-refractivity contribution >= 4 is 16.1 Å². The molecule has 1 N–H and O–H groups in total. The van der Waals surface area contributed by atoms with Crippen LogP contribution in [0.5, 0.6) is 0 Å². The van der Waals surface area contributed by atoms with E-state index < -0.39 is 10.2 Å². The summed E-state index contributed by atoms with van der Waals surface area (Å²) in [5.41, 5.74) is 2.86. The van der Waals surface area contributed by atoms with E-state index in [0.717, 1.165) is 58.2 Å². The molecule has 1 atom stereocenters. The summed E-state index contributed by atoms with van der Waals surface area (Å²) in [5.74, 6) is 0.339. The average molecular weight is 463 g/mol. The van der Waals surface area contributed by atoms with Crippen molar-refractivity contribution in [3.05, 3.63) is 35.4 Å². The predicted octanol–water partition coefficient (Wildman–Crippen LogP) is 2.24. The lowest BCUT2D eigenvalue weighted by molar-refractivity contribution is -0.126. The Morgan fingerprint density at radius 2 is 1.78 bits per heavy atom. The van der Waals surface area contributed by atoms with Crippen LogP contribution in [-0.2, 0) is 28.0 Å². The molecular formula is C24H38N4O3S. The summed E-state index contributed by atoms with van der Waals surface area (Å²) >= 11 is 0. The lowest BCUT2D eigenvalue weighted by atomic mass is 9.98. The van der Waals surface area contributed by atoms with Gasteiger partial charge in [0.05, 0.1) is 5.92 Å². The highest BCUT2D eigenvalue weighted by molar-refractivity contribution is 7.86. The van der Waals surface area contributed by atoms with Gasteiger partial charge in [0.15, 0.2) is 0 Å². The Kier molecular flexibility index (Phi) is 7.87. The number of nitrogens with one attached hydrogen (secondary N) is 1. The Labute approximate surface area is 193 Å². The van der Waals surface area contributed by atoms with Gasteiger partial charge in [-0.25, -0.2) is 0 Å². The van der Waals surface area contributed by atoms with Crippen LogP contribution in [0.2, 0.25) is 0 Å². The van der Waals surface area contributed by atoms with Crippen molar-refractivity contribution in [2.75, 3.05) is 45.8 Å². The van der Waals surface area contributed by atoms with Crippen molar-refractivity contribution in [1.82, 2.24) is 18.8 Å². The number of fused-ring (bicyclic) bond motifs is 1. The maximum Gasteiger partial charge on any atom is 0.281 e. The van der Waals surface area contributed by atoms with Crippen LogP contribution >= 0.6 is 0 Å². The summed E-state index contributed by atoms with van der Waals surface area (Å²) in [5, 5.41) is 3.07. The summed E-state index contributed by atoms with van der Waals surface area (Å²) in [6.45, 7) is 7.85. The minimum absolute atomic E-state index is 0.00107. The highest BCUT2D eigenvalue weighted by Crippen LogP contribution is 2.25. The number of carbonyl (C=O) groups is 1. The zero-order valence-electron chi connectivity index (χ0n) is 19.3. The summed E-state index contributed by atoms with van der Waals surface area (Å²) < 4.78 is 29.3. The van der Waals surface area contributed by atoms with E-state index in [0.29, 0.717) is 38.6 Å². The van der Waals surface area contributed by atoms with Crippen LogP contribution in [0.1, 0.15) is 50.2 Å². The van der Waals surface area contributed by atoms with E-state index in [9.17, 15) is 13.2 Å². The molecule has 1 aromatic carbocycles. The Balaban J connectivity index is 1.20. The second-order valence-corrected chi connectivity index (χ2v) is 11.7. The van der Waals surface area contributed by atoms with Crippen LogP contribution in [-0.4, -0.2) is 73.6 Å². The largest absolute Gasteiger partial charge is 0.356 e. The molecule has 0 saturated carbocycles. The normalized spacial score (nSPS) is 24.2. The van der Waals surface area contributed by atoms with Gasteiger partial charge in [-0.15, -0.1) is 0 Å². The number of nitrogens with zero attached hydrogens (tertiary/aromatic N) is 3. The van der Waals surface area contributed by atoms with Crippen molar-refractivity contribution < 1.29 is 13.2 Å². The van der Waals surface area contributed by atoms with Gasteiger partial charge in [-0.2, -0.15) is 17.0 Å². The molecule has 2 fully saturated rings. The van der Waals surface area contributed by atoms with Crippen LogP contribution in [0.15, 0.2) is 24.3 Å². The summed E-state index contributed by atoms with van der Waals surface area (Å²) in [7, 11) is -3.46. The molecule has 0 radical (unpaired) electrons. The maximum absolute atomic E-state index is 13.1. The minimum atomic E-state index is -3.46. The SMILES string of the molecule is CC1CCN(S(=O)(=O)N2CCC[C@H](C(=O)NCCCN3CCc4ccccc4C3)C2)CC1. The number of amides is 1. The lowest BCUT2D eigenvalue weighted by Gasteiger charge is -2.37. The first-order valence-corrected chi connectivity index (χ1v) is 13.7. The van der Waals surface area contributed by atoms with E-state index >= 15 is 0 Å². The van der Waals surface area contributed by atoms with Crippen molar-refractivity contribution in [1.29, 1.82) is 0 Å². The zero-order chi connectivity index (χ0) is 22.6.